The zero-order chi connectivity index (χ0) is 15.4. The maximum atomic E-state index is 12.9. The minimum Gasteiger partial charge on any atom is -0.316 e. The number of hydrogen-bond acceptors (Lipinski definition) is 4. The lowest BCUT2D eigenvalue weighted by Gasteiger charge is -2.17. The van der Waals surface area contributed by atoms with Crippen molar-refractivity contribution in [3.05, 3.63) is 41.1 Å². The topological polar surface area (TPSA) is 50.7 Å². The van der Waals surface area contributed by atoms with Gasteiger partial charge in [0.2, 0.25) is 0 Å². The first-order chi connectivity index (χ1) is 10.0. The Morgan fingerprint density at radius 3 is 2.38 bits per heavy atom. The predicted molar refractivity (Wildman–Crippen MR) is 81.7 cm³/mol. The number of likely N-dealkylation sites (N-methyl/N-ethyl adjacent to an activating group) is 1. The van der Waals surface area contributed by atoms with Gasteiger partial charge >= 0.3 is 0 Å². The van der Waals surface area contributed by atoms with E-state index in [2.05, 4.69) is 34.1 Å². The Morgan fingerprint density at radius 2 is 1.86 bits per heavy atom. The van der Waals surface area contributed by atoms with Crippen LogP contribution < -0.4 is 5.32 Å². The van der Waals surface area contributed by atoms with Gasteiger partial charge in [0.05, 0.1) is 6.20 Å². The van der Waals surface area contributed by atoms with E-state index < -0.39 is 0 Å². The molecule has 2 rings (SSSR count). The van der Waals surface area contributed by atoms with Crippen molar-refractivity contribution in [3.8, 4) is 11.5 Å². The average Bonchev–Trinajstić information content (AvgIpc) is 2.45. The Kier molecular flexibility index (Phi) is 4.96. The van der Waals surface area contributed by atoms with Gasteiger partial charge in [-0.2, -0.15) is 0 Å². The smallest absolute Gasteiger partial charge is 0.178 e. The summed E-state index contributed by atoms with van der Waals surface area (Å²) in [5, 5.41) is 3.34. The van der Waals surface area contributed by atoms with Crippen molar-refractivity contribution in [1.29, 1.82) is 0 Å². The molecule has 2 heterocycles. The average molecular weight is 288 g/mol. The molecule has 0 radical (unpaired) electrons. The van der Waals surface area contributed by atoms with E-state index in [-0.39, 0.29) is 5.82 Å². The van der Waals surface area contributed by atoms with Crippen molar-refractivity contribution in [1.82, 2.24) is 20.3 Å². The molecular weight excluding hydrogens is 267 g/mol. The lowest BCUT2D eigenvalue weighted by Crippen LogP contribution is -2.21. The summed E-state index contributed by atoms with van der Waals surface area (Å²) in [7, 11) is 0. The quantitative estimate of drug-likeness (QED) is 0.919. The number of aromatic nitrogens is 3. The summed E-state index contributed by atoms with van der Waals surface area (Å²) in [6.07, 6.45) is 1.19. The number of hydrogen-bond donors (Lipinski definition) is 1. The van der Waals surface area contributed by atoms with Crippen LogP contribution in [-0.4, -0.2) is 28.0 Å². The molecular formula is C16H21FN4. The zero-order valence-electron chi connectivity index (χ0n) is 12.9. The van der Waals surface area contributed by atoms with Crippen molar-refractivity contribution in [2.75, 3.05) is 13.1 Å². The van der Waals surface area contributed by atoms with E-state index in [1.54, 1.807) is 6.07 Å². The van der Waals surface area contributed by atoms with E-state index in [4.69, 9.17) is 0 Å². The van der Waals surface area contributed by atoms with Crippen molar-refractivity contribution >= 4 is 0 Å². The van der Waals surface area contributed by atoms with Crippen LogP contribution in [-0.2, 0) is 0 Å². The van der Waals surface area contributed by atoms with E-state index in [1.165, 1.54) is 17.8 Å². The highest BCUT2D eigenvalue weighted by molar-refractivity contribution is 5.50. The summed E-state index contributed by atoms with van der Waals surface area (Å²) in [6.45, 7) is 10.1. The fourth-order valence-electron chi connectivity index (χ4n) is 2.52. The number of nitrogens with one attached hydrogen (secondary N) is 1. The fraction of sp³-hybridized carbons (Fsp3) is 0.438. The normalized spacial score (nSPS) is 12.4. The van der Waals surface area contributed by atoms with Crippen LogP contribution in [0.25, 0.3) is 11.5 Å². The maximum absolute atomic E-state index is 12.9. The molecule has 1 atom stereocenters. The molecule has 0 amide bonds. The Hall–Kier alpha value is -1.88. The largest absolute Gasteiger partial charge is 0.316 e. The SMILES string of the molecule is CCNCC(C)c1c(C)nc(-c2ccc(F)cn2)nc1C. The molecule has 5 heteroatoms. The summed E-state index contributed by atoms with van der Waals surface area (Å²) < 4.78 is 12.9. The lowest BCUT2D eigenvalue weighted by atomic mass is 9.98. The molecule has 0 aliphatic carbocycles. The first-order valence-corrected chi connectivity index (χ1v) is 7.20. The van der Waals surface area contributed by atoms with Gasteiger partial charge in [-0.25, -0.2) is 19.3 Å². The summed E-state index contributed by atoms with van der Waals surface area (Å²) >= 11 is 0. The van der Waals surface area contributed by atoms with Gasteiger partial charge in [0.1, 0.15) is 11.5 Å². The molecule has 21 heavy (non-hydrogen) atoms. The van der Waals surface area contributed by atoms with Gasteiger partial charge in [-0.05, 0) is 44.0 Å². The highest BCUT2D eigenvalue weighted by atomic mass is 19.1. The Morgan fingerprint density at radius 1 is 1.19 bits per heavy atom. The number of aryl methyl sites for hydroxylation is 2. The Balaban J connectivity index is 2.34. The molecule has 0 aromatic carbocycles. The van der Waals surface area contributed by atoms with Crippen LogP contribution in [0.4, 0.5) is 4.39 Å². The third kappa shape index (κ3) is 3.61. The van der Waals surface area contributed by atoms with E-state index in [1.807, 2.05) is 13.8 Å². The van der Waals surface area contributed by atoms with Gasteiger partial charge in [-0.15, -0.1) is 0 Å². The third-order valence-corrected chi connectivity index (χ3v) is 3.48. The van der Waals surface area contributed by atoms with E-state index >= 15 is 0 Å². The minimum atomic E-state index is -0.358. The fourth-order valence-corrected chi connectivity index (χ4v) is 2.52. The molecule has 1 N–H and O–H groups in total. The van der Waals surface area contributed by atoms with Crippen molar-refractivity contribution < 1.29 is 4.39 Å². The number of pyridine rings is 1. The van der Waals surface area contributed by atoms with Crippen LogP contribution in [0.1, 0.15) is 36.7 Å². The zero-order valence-corrected chi connectivity index (χ0v) is 12.9. The van der Waals surface area contributed by atoms with Gasteiger partial charge in [-0.3, -0.25) is 0 Å². The Labute approximate surface area is 124 Å². The third-order valence-electron chi connectivity index (χ3n) is 3.48. The van der Waals surface area contributed by atoms with E-state index in [9.17, 15) is 4.39 Å². The van der Waals surface area contributed by atoms with E-state index in [0.29, 0.717) is 17.4 Å². The second kappa shape index (κ2) is 6.72. The lowest BCUT2D eigenvalue weighted by molar-refractivity contribution is 0.621. The highest BCUT2D eigenvalue weighted by Gasteiger charge is 2.16. The number of halogens is 1. The van der Waals surface area contributed by atoms with Crippen LogP contribution in [0.5, 0.6) is 0 Å². The molecule has 0 bridgehead atoms. The summed E-state index contributed by atoms with van der Waals surface area (Å²) in [5.74, 6) is 0.535. The predicted octanol–water partition coefficient (Wildman–Crippen LogP) is 3.01. The second-order valence-corrected chi connectivity index (χ2v) is 5.20. The molecule has 0 saturated carbocycles. The first kappa shape index (κ1) is 15.5. The van der Waals surface area contributed by atoms with Crippen LogP contribution >= 0.6 is 0 Å². The standard InChI is InChI=1S/C16H21FN4/c1-5-18-8-10(2)15-11(3)20-16(21-12(15)4)14-7-6-13(17)9-19-14/h6-7,9-10,18H,5,8H2,1-4H3. The second-order valence-electron chi connectivity index (χ2n) is 5.20. The molecule has 0 fully saturated rings. The maximum Gasteiger partial charge on any atom is 0.178 e. The van der Waals surface area contributed by atoms with Crippen molar-refractivity contribution in [3.63, 3.8) is 0 Å². The monoisotopic (exact) mass is 288 g/mol. The minimum absolute atomic E-state index is 0.347. The van der Waals surface area contributed by atoms with Gasteiger partial charge in [0.15, 0.2) is 5.82 Å². The van der Waals surface area contributed by atoms with Gasteiger partial charge < -0.3 is 5.32 Å². The number of rotatable bonds is 5. The van der Waals surface area contributed by atoms with Gasteiger partial charge in [0, 0.05) is 17.9 Å². The summed E-state index contributed by atoms with van der Waals surface area (Å²) in [5.41, 5.74) is 3.67. The molecule has 1 unspecified atom stereocenters. The Bertz CT molecular complexity index is 587. The van der Waals surface area contributed by atoms with Crippen LogP contribution in [0, 0.1) is 19.7 Å². The summed E-state index contributed by atoms with van der Waals surface area (Å²) in [6, 6.07) is 2.98. The van der Waals surface area contributed by atoms with Crippen molar-refractivity contribution in [2.24, 2.45) is 0 Å². The van der Waals surface area contributed by atoms with Gasteiger partial charge in [0.25, 0.3) is 0 Å². The molecule has 4 nitrogen and oxygen atoms in total. The summed E-state index contributed by atoms with van der Waals surface area (Å²) in [4.78, 5) is 13.1. The first-order valence-electron chi connectivity index (χ1n) is 7.20. The van der Waals surface area contributed by atoms with Crippen LogP contribution in [0.3, 0.4) is 0 Å². The van der Waals surface area contributed by atoms with Gasteiger partial charge in [-0.1, -0.05) is 13.8 Å². The molecule has 0 saturated heterocycles. The molecule has 0 aliphatic rings. The number of nitrogens with zero attached hydrogens (tertiary/aromatic N) is 3. The molecule has 112 valence electrons. The van der Waals surface area contributed by atoms with Crippen molar-refractivity contribution in [2.45, 2.75) is 33.6 Å². The van der Waals surface area contributed by atoms with Crippen LogP contribution in [0.2, 0.25) is 0 Å². The van der Waals surface area contributed by atoms with Crippen LogP contribution in [0.15, 0.2) is 18.3 Å². The highest BCUT2D eigenvalue weighted by Crippen LogP contribution is 2.23. The molecule has 0 spiro atoms. The molecule has 0 aliphatic heterocycles. The van der Waals surface area contributed by atoms with E-state index in [0.717, 1.165) is 24.5 Å². The molecule has 2 aromatic rings. The molecule has 2 aromatic heterocycles.